The lowest BCUT2D eigenvalue weighted by molar-refractivity contribution is 0.0954. The molecule has 1 aromatic carbocycles. The van der Waals surface area contributed by atoms with Crippen LogP contribution < -0.4 is 14.8 Å². The fraction of sp³-hybridized carbons (Fsp3) is 0.364. The third-order valence-electron chi connectivity index (χ3n) is 1.73. The van der Waals surface area contributed by atoms with Crippen molar-refractivity contribution in [3.63, 3.8) is 0 Å². The molecule has 4 heteroatoms. The molecule has 1 aliphatic heterocycles. The normalized spacial score (nSPS) is 28.5. The summed E-state index contributed by atoms with van der Waals surface area (Å²) in [6, 6.07) is -5.59. The monoisotopic (exact) mass is 217 g/mol. The first kappa shape index (κ1) is 3.49. The van der Waals surface area contributed by atoms with E-state index in [2.05, 4.69) is 0 Å². The average molecular weight is 217 g/mol. The number of carbonyl (C=O) groups excluding carboxylic acids is 1. The predicted molar refractivity (Wildman–Crippen MR) is 55.4 cm³/mol. The summed E-state index contributed by atoms with van der Waals surface area (Å²) in [5.41, 5.74) is -0.905. The number of Topliss-reactive ketones (excluding diaryl/α,β-unsaturated/α-hetero) is 1. The van der Waals surface area contributed by atoms with Gasteiger partial charge in [-0.15, -0.1) is 0 Å². The van der Waals surface area contributed by atoms with Crippen LogP contribution in [0.5, 0.6) is 11.5 Å². The van der Waals surface area contributed by atoms with E-state index in [1.807, 2.05) is 0 Å². The van der Waals surface area contributed by atoms with Gasteiger partial charge in [-0.25, -0.2) is 0 Å². The molecule has 4 nitrogen and oxygen atoms in total. The van der Waals surface area contributed by atoms with Crippen molar-refractivity contribution in [2.45, 2.75) is 12.9 Å². The lowest BCUT2D eigenvalue weighted by atomic mass is 10.1. The second-order valence-electron chi connectivity index (χ2n) is 2.64. The highest BCUT2D eigenvalue weighted by Crippen LogP contribution is 2.32. The van der Waals surface area contributed by atoms with Gasteiger partial charge in [-0.1, -0.05) is 0 Å². The fourth-order valence-electron chi connectivity index (χ4n) is 1.02. The van der Waals surface area contributed by atoms with Crippen LogP contribution >= 0.6 is 0 Å². The fourth-order valence-corrected chi connectivity index (χ4v) is 1.02. The van der Waals surface area contributed by atoms with Gasteiger partial charge in [-0.3, -0.25) is 4.79 Å². The van der Waals surface area contributed by atoms with E-state index in [0.717, 1.165) is 0 Å². The van der Waals surface area contributed by atoms with Crippen LogP contribution in [0.4, 0.5) is 0 Å². The molecule has 0 unspecified atom stereocenters. The minimum absolute atomic E-state index is 0.250. The van der Waals surface area contributed by atoms with Gasteiger partial charge in [-0.2, -0.15) is 0 Å². The van der Waals surface area contributed by atoms with Crippen LogP contribution in [0.15, 0.2) is 18.1 Å². The lowest BCUT2D eigenvalue weighted by Crippen LogP contribution is -2.30. The number of nitrogens with one attached hydrogen (secondary N) is 1. The first-order chi connectivity index (χ1) is 11.2. The number of rotatable bonds is 3. The SMILES string of the molecule is [2H]c1c([2H])c(C(=O)[C@@]([2H])(NC([2H])([2H])[2H])C([2H])([2H])[2H])c([2H])c2c1OCO2. The van der Waals surface area contributed by atoms with Crippen molar-refractivity contribution in [1.82, 2.24) is 5.32 Å². The van der Waals surface area contributed by atoms with Gasteiger partial charge in [0.1, 0.15) is 0 Å². The number of hydrogen-bond donors (Lipinski definition) is 1. The van der Waals surface area contributed by atoms with E-state index < -0.39 is 49.3 Å². The average Bonchev–Trinajstić information content (AvgIpc) is 2.91. The summed E-state index contributed by atoms with van der Waals surface area (Å²) in [7, 11) is 0. The Kier molecular flexibility index (Phi) is 0.907. The van der Waals surface area contributed by atoms with Crippen LogP contribution in [-0.2, 0) is 0 Å². The molecule has 15 heavy (non-hydrogen) atoms. The molecule has 0 aliphatic carbocycles. The smallest absolute Gasteiger partial charge is 0.231 e. The van der Waals surface area contributed by atoms with Gasteiger partial charge in [0.15, 0.2) is 17.3 Å². The van der Waals surface area contributed by atoms with Crippen LogP contribution in [0.2, 0.25) is 0 Å². The maximum atomic E-state index is 12.7. The summed E-state index contributed by atoms with van der Waals surface area (Å²) in [5.74, 6) is -2.24. The van der Waals surface area contributed by atoms with Crippen LogP contribution in [0, 0.1) is 0 Å². The van der Waals surface area contributed by atoms with Gasteiger partial charge in [0.25, 0.3) is 0 Å². The van der Waals surface area contributed by atoms with Gasteiger partial charge in [0.05, 0.1) is 11.5 Å². The van der Waals surface area contributed by atoms with Crippen LogP contribution in [-0.4, -0.2) is 25.6 Å². The Morgan fingerprint density at radius 3 is 3.33 bits per heavy atom. The van der Waals surface area contributed by atoms with E-state index in [0.29, 0.717) is 0 Å². The van der Waals surface area contributed by atoms with Gasteiger partial charge in [-0.05, 0) is 32.0 Å². The Balaban J connectivity index is 2.68. The molecule has 80 valence electrons. The molecule has 1 atom stereocenters. The summed E-state index contributed by atoms with van der Waals surface area (Å²) < 4.78 is 84.9. The Morgan fingerprint density at radius 2 is 2.53 bits per heavy atom. The Labute approximate surface area is 102 Å². The number of ketones is 1. The van der Waals surface area contributed by atoms with Gasteiger partial charge in [0, 0.05) is 13.8 Å². The molecule has 0 radical (unpaired) electrons. The highest BCUT2D eigenvalue weighted by molar-refractivity contribution is 6.00. The number of benzene rings is 1. The lowest BCUT2D eigenvalue weighted by Gasteiger charge is -2.09. The van der Waals surface area contributed by atoms with Crippen LogP contribution in [0.3, 0.4) is 0 Å². The van der Waals surface area contributed by atoms with E-state index in [4.69, 9.17) is 23.2 Å². The third-order valence-corrected chi connectivity index (χ3v) is 1.73. The van der Waals surface area contributed by atoms with Crippen molar-refractivity contribution in [3.8, 4) is 11.5 Å². The van der Waals surface area contributed by atoms with Gasteiger partial charge >= 0.3 is 0 Å². The molecule has 1 aliphatic rings. The number of carbonyl (C=O) groups is 1. The first-order valence-electron chi connectivity index (χ1n) is 8.94. The molecule has 1 N–H and O–H groups in total. The summed E-state index contributed by atoms with van der Waals surface area (Å²) in [5, 5.41) is 1.47. The maximum Gasteiger partial charge on any atom is 0.231 e. The topological polar surface area (TPSA) is 47.6 Å². The molecule has 0 saturated carbocycles. The molecular formula is C11H13NO3. The standard InChI is InChI=1S/C11H13NO3/c1-7(12-2)11(13)8-3-4-9-10(5-8)15-6-14-9/h3-5,7,12H,6H2,1-2H3/t7-/m0/s1/i1D3,2D3,3D,4D,5D,7D. The van der Waals surface area contributed by atoms with Crippen molar-refractivity contribution in [1.29, 1.82) is 0 Å². The highest BCUT2D eigenvalue weighted by Gasteiger charge is 2.18. The molecule has 0 amide bonds. The van der Waals surface area contributed by atoms with Crippen molar-refractivity contribution in [2.24, 2.45) is 0 Å². The molecule has 0 aromatic heterocycles. The Morgan fingerprint density at radius 1 is 1.67 bits per heavy atom. The second-order valence-corrected chi connectivity index (χ2v) is 2.64. The Hall–Kier alpha value is -1.55. The highest BCUT2D eigenvalue weighted by atomic mass is 16.7. The quantitative estimate of drug-likeness (QED) is 0.773. The molecule has 1 heterocycles. The van der Waals surface area contributed by atoms with E-state index in [1.165, 1.54) is 5.32 Å². The van der Waals surface area contributed by atoms with Crippen LogP contribution in [0.1, 0.15) is 30.9 Å². The first-order valence-corrected chi connectivity index (χ1v) is 3.94. The van der Waals surface area contributed by atoms with Crippen molar-refractivity contribution in [2.75, 3.05) is 13.8 Å². The van der Waals surface area contributed by atoms with Gasteiger partial charge in [0.2, 0.25) is 6.79 Å². The van der Waals surface area contributed by atoms with Crippen molar-refractivity contribution in [3.05, 3.63) is 23.7 Å². The summed E-state index contributed by atoms with van der Waals surface area (Å²) in [6.07, 6.45) is 0. The summed E-state index contributed by atoms with van der Waals surface area (Å²) in [6.45, 7) is -6.95. The Bertz CT molecular complexity index is 729. The largest absolute Gasteiger partial charge is 0.454 e. The third kappa shape index (κ3) is 1.80. The van der Waals surface area contributed by atoms with E-state index in [-0.39, 0.29) is 18.3 Å². The molecule has 2 rings (SSSR count). The molecule has 1 aromatic rings. The second kappa shape index (κ2) is 3.90. The molecule has 0 fully saturated rings. The van der Waals surface area contributed by atoms with E-state index in [9.17, 15) is 4.79 Å². The molecular weight excluding hydrogens is 194 g/mol. The van der Waals surface area contributed by atoms with Crippen LogP contribution in [0.25, 0.3) is 0 Å². The van der Waals surface area contributed by atoms with E-state index in [1.54, 1.807) is 0 Å². The zero-order valence-electron chi connectivity index (χ0n) is 17.4. The number of hydrogen-bond acceptors (Lipinski definition) is 4. The zero-order chi connectivity index (χ0) is 19.4. The van der Waals surface area contributed by atoms with E-state index >= 15 is 0 Å². The number of likely N-dealkylation sites (N-methyl/N-ethyl adjacent to an activating group) is 1. The van der Waals surface area contributed by atoms with Gasteiger partial charge < -0.3 is 14.8 Å². The number of fused-ring (bicyclic) bond motifs is 1. The number of ether oxygens (including phenoxy) is 2. The predicted octanol–water partition coefficient (Wildman–Crippen LogP) is 1.21. The zero-order valence-corrected chi connectivity index (χ0v) is 7.43. The summed E-state index contributed by atoms with van der Waals surface area (Å²) in [4.78, 5) is 12.7. The maximum absolute atomic E-state index is 12.7. The molecule has 0 saturated heterocycles. The van der Waals surface area contributed by atoms with Crippen molar-refractivity contribution >= 4 is 5.78 Å². The molecule has 0 bridgehead atoms. The minimum Gasteiger partial charge on any atom is -0.454 e. The van der Waals surface area contributed by atoms with Crippen molar-refractivity contribution < 1.29 is 28.0 Å². The summed E-state index contributed by atoms with van der Waals surface area (Å²) >= 11 is 0. The minimum atomic E-state index is -3.43. The molecule has 0 spiro atoms.